The van der Waals surface area contributed by atoms with Gasteiger partial charge in [-0.05, 0) is 23.2 Å². The van der Waals surface area contributed by atoms with E-state index >= 15 is 0 Å². The fourth-order valence-corrected chi connectivity index (χ4v) is 5.77. The van der Waals surface area contributed by atoms with E-state index in [0.29, 0.717) is 0 Å². The Labute approximate surface area is 142 Å². The summed E-state index contributed by atoms with van der Waals surface area (Å²) in [5.74, 6) is 1.71. The average Bonchev–Trinajstić information content (AvgIpc) is 2.48. The van der Waals surface area contributed by atoms with E-state index in [1.165, 1.54) is 63.2 Å². The van der Waals surface area contributed by atoms with Crippen molar-refractivity contribution in [2.75, 3.05) is 11.5 Å². The molecular weight excluding hydrogens is 320 g/mol. The molecule has 1 unspecified atom stereocenters. The number of hydrogen-bond acceptors (Lipinski definition) is 5. The van der Waals surface area contributed by atoms with E-state index in [1.807, 2.05) is 27.5 Å². The Bertz CT molecular complexity index is 260. The van der Waals surface area contributed by atoms with Crippen LogP contribution < -0.4 is 0 Å². The Morgan fingerprint density at radius 2 is 1.71 bits per heavy atom. The summed E-state index contributed by atoms with van der Waals surface area (Å²) in [6.07, 6.45) is 12.2. The minimum Gasteiger partial charge on any atom is -0.459 e. The minimum absolute atomic E-state index is 0.0447. The lowest BCUT2D eigenvalue weighted by molar-refractivity contribution is -0.141. The lowest BCUT2D eigenvalue weighted by Gasteiger charge is -2.10. The van der Waals surface area contributed by atoms with Crippen LogP contribution in [0.25, 0.3) is 0 Å². The Morgan fingerprint density at radius 3 is 2.33 bits per heavy atom. The van der Waals surface area contributed by atoms with E-state index in [-0.39, 0.29) is 12.1 Å². The van der Waals surface area contributed by atoms with E-state index in [2.05, 4.69) is 13.5 Å². The third kappa shape index (κ3) is 16.5. The molecule has 0 spiro atoms. The van der Waals surface area contributed by atoms with E-state index in [0.717, 1.165) is 5.75 Å². The Morgan fingerprint density at radius 1 is 1.10 bits per heavy atom. The maximum Gasteiger partial charge on any atom is 0.330 e. The van der Waals surface area contributed by atoms with Gasteiger partial charge in [-0.1, -0.05) is 80.0 Å². The van der Waals surface area contributed by atoms with Crippen molar-refractivity contribution in [3.05, 3.63) is 12.7 Å². The zero-order valence-electron chi connectivity index (χ0n) is 13.5. The highest BCUT2D eigenvalue weighted by molar-refractivity contribution is 9.09. The van der Waals surface area contributed by atoms with Gasteiger partial charge in [-0.3, -0.25) is 0 Å². The predicted octanol–water partition coefficient (Wildman–Crippen LogP) is 6.27. The first-order valence-corrected chi connectivity index (χ1v) is 11.8. The Hall–Kier alpha value is 0.260. The number of ether oxygens (including phenoxy) is 1. The highest BCUT2D eigenvalue weighted by Gasteiger charge is 2.06. The van der Waals surface area contributed by atoms with Crippen molar-refractivity contribution in [2.24, 2.45) is 0 Å². The quantitative estimate of drug-likeness (QED) is 0.150. The number of rotatable bonds is 15. The van der Waals surface area contributed by atoms with Crippen LogP contribution in [-0.2, 0) is 9.53 Å². The highest BCUT2D eigenvalue weighted by atomic mass is 33.5. The van der Waals surface area contributed by atoms with Crippen molar-refractivity contribution >= 4 is 37.4 Å². The zero-order valence-corrected chi connectivity index (χ0v) is 15.9. The molecule has 0 aliphatic carbocycles. The Balaban J connectivity index is 3.15. The number of carbonyl (C=O) groups excluding carboxylic acids is 1. The van der Waals surface area contributed by atoms with E-state index in [4.69, 9.17) is 4.74 Å². The van der Waals surface area contributed by atoms with Gasteiger partial charge in [0.25, 0.3) is 0 Å². The van der Waals surface area contributed by atoms with Gasteiger partial charge in [-0.15, -0.1) is 0 Å². The van der Waals surface area contributed by atoms with E-state index < -0.39 is 0 Å². The molecule has 0 saturated heterocycles. The van der Waals surface area contributed by atoms with Crippen molar-refractivity contribution in [1.82, 2.24) is 0 Å². The molecule has 0 bridgehead atoms. The van der Waals surface area contributed by atoms with Crippen molar-refractivity contribution in [3.8, 4) is 0 Å². The molecule has 1 atom stereocenters. The fraction of sp³-hybridized carbons (Fsp3) is 0.812. The van der Waals surface area contributed by atoms with Crippen LogP contribution in [0.5, 0.6) is 0 Å². The van der Waals surface area contributed by atoms with Crippen LogP contribution in [-0.4, -0.2) is 23.6 Å². The van der Waals surface area contributed by atoms with Crippen LogP contribution in [0.4, 0.5) is 0 Å². The molecule has 21 heavy (non-hydrogen) atoms. The fourth-order valence-electron chi connectivity index (χ4n) is 1.77. The van der Waals surface area contributed by atoms with Crippen LogP contribution >= 0.6 is 31.4 Å². The molecule has 0 aromatic heterocycles. The molecule has 0 heterocycles. The SMILES string of the molecule is C=CC(=O)OC(C)CSSSCCCCCCCCCC. The molecule has 0 saturated carbocycles. The molecule has 0 aromatic carbocycles. The van der Waals surface area contributed by atoms with Gasteiger partial charge in [0.2, 0.25) is 0 Å². The second-order valence-corrected chi connectivity index (χ2v) is 9.50. The molecule has 0 aromatic rings. The average molecular weight is 351 g/mol. The van der Waals surface area contributed by atoms with E-state index in [1.54, 1.807) is 10.8 Å². The van der Waals surface area contributed by atoms with Crippen molar-refractivity contribution in [3.63, 3.8) is 0 Å². The number of carbonyl (C=O) groups is 1. The van der Waals surface area contributed by atoms with Gasteiger partial charge in [0, 0.05) is 17.6 Å². The molecule has 0 radical (unpaired) electrons. The second-order valence-electron chi connectivity index (χ2n) is 5.10. The van der Waals surface area contributed by atoms with Gasteiger partial charge < -0.3 is 4.74 Å². The maximum absolute atomic E-state index is 11.0. The van der Waals surface area contributed by atoms with E-state index in [9.17, 15) is 4.79 Å². The summed E-state index contributed by atoms with van der Waals surface area (Å²) in [6, 6.07) is 0. The molecular formula is C16H30O2S3. The third-order valence-electron chi connectivity index (χ3n) is 2.96. The topological polar surface area (TPSA) is 26.3 Å². The molecule has 0 aliphatic rings. The molecule has 0 aliphatic heterocycles. The molecule has 0 rings (SSSR count). The molecule has 0 fully saturated rings. The minimum atomic E-state index is -0.334. The van der Waals surface area contributed by atoms with Gasteiger partial charge in [-0.25, -0.2) is 4.79 Å². The first kappa shape index (κ1) is 21.3. The lowest BCUT2D eigenvalue weighted by Crippen LogP contribution is -2.14. The van der Waals surface area contributed by atoms with Crippen LogP contribution in [0.2, 0.25) is 0 Å². The van der Waals surface area contributed by atoms with Crippen LogP contribution in [0.15, 0.2) is 12.7 Å². The normalized spacial score (nSPS) is 12.1. The highest BCUT2D eigenvalue weighted by Crippen LogP contribution is 2.35. The molecule has 2 nitrogen and oxygen atoms in total. The van der Waals surface area contributed by atoms with Gasteiger partial charge in [0.05, 0.1) is 0 Å². The number of hydrogen-bond donors (Lipinski definition) is 0. The number of unbranched alkanes of at least 4 members (excludes halogenated alkanes) is 7. The summed E-state index contributed by atoms with van der Waals surface area (Å²) in [7, 11) is 5.48. The zero-order chi connectivity index (χ0) is 15.8. The van der Waals surface area contributed by atoms with Gasteiger partial charge >= 0.3 is 5.97 Å². The summed E-state index contributed by atoms with van der Waals surface area (Å²) in [4.78, 5) is 11.0. The predicted molar refractivity (Wildman–Crippen MR) is 101 cm³/mol. The lowest BCUT2D eigenvalue weighted by atomic mass is 10.1. The third-order valence-corrected chi connectivity index (χ3v) is 7.44. The van der Waals surface area contributed by atoms with Crippen molar-refractivity contribution in [1.29, 1.82) is 0 Å². The van der Waals surface area contributed by atoms with Crippen molar-refractivity contribution in [2.45, 2.75) is 71.3 Å². The molecule has 0 amide bonds. The summed E-state index contributed by atoms with van der Waals surface area (Å²) < 4.78 is 5.10. The van der Waals surface area contributed by atoms with Gasteiger partial charge in [-0.2, -0.15) is 0 Å². The molecule has 124 valence electrons. The van der Waals surface area contributed by atoms with Crippen LogP contribution in [0.1, 0.15) is 65.2 Å². The van der Waals surface area contributed by atoms with Gasteiger partial charge in [0.1, 0.15) is 6.10 Å². The smallest absolute Gasteiger partial charge is 0.330 e. The first-order chi connectivity index (χ1) is 10.2. The first-order valence-electron chi connectivity index (χ1n) is 7.94. The van der Waals surface area contributed by atoms with Crippen LogP contribution in [0.3, 0.4) is 0 Å². The molecule has 0 N–H and O–H groups in total. The maximum atomic E-state index is 11.0. The number of esters is 1. The van der Waals surface area contributed by atoms with Crippen molar-refractivity contribution < 1.29 is 9.53 Å². The largest absolute Gasteiger partial charge is 0.459 e. The molecule has 5 heteroatoms. The summed E-state index contributed by atoms with van der Waals surface area (Å²) in [6.45, 7) is 7.56. The summed E-state index contributed by atoms with van der Waals surface area (Å²) >= 11 is 0. The standard InChI is InChI=1S/C16H30O2S3/c1-4-6-7-8-9-10-11-12-13-19-21-20-14-15(3)18-16(17)5-2/h5,15H,2,4,6-14H2,1,3H3. The summed E-state index contributed by atoms with van der Waals surface area (Å²) in [5.41, 5.74) is 0. The second kappa shape index (κ2) is 16.6. The monoisotopic (exact) mass is 350 g/mol. The Kier molecular flexibility index (Phi) is 16.8. The summed E-state index contributed by atoms with van der Waals surface area (Å²) in [5, 5.41) is 0. The van der Waals surface area contributed by atoms with Gasteiger partial charge in [0.15, 0.2) is 0 Å². The van der Waals surface area contributed by atoms with Crippen LogP contribution in [0, 0.1) is 0 Å².